The van der Waals surface area contributed by atoms with E-state index in [9.17, 15) is 4.79 Å². The van der Waals surface area contributed by atoms with Crippen LogP contribution in [0, 0.1) is 0 Å². The van der Waals surface area contributed by atoms with Crippen LogP contribution in [0.2, 0.25) is 15.1 Å². The molecule has 0 spiro atoms. The Morgan fingerprint density at radius 3 is 2.38 bits per heavy atom. The minimum Gasteiger partial charge on any atom is -0.338 e. The highest BCUT2D eigenvalue weighted by atomic mass is 35.5. The molecule has 2 heterocycles. The van der Waals surface area contributed by atoms with Gasteiger partial charge in [-0.25, -0.2) is 0 Å². The molecule has 0 bridgehead atoms. The number of carbonyl (C=O) groups is 1. The van der Waals surface area contributed by atoms with Crippen molar-refractivity contribution >= 4 is 40.7 Å². The predicted molar refractivity (Wildman–Crippen MR) is 112 cm³/mol. The van der Waals surface area contributed by atoms with Crippen LogP contribution in [0.3, 0.4) is 0 Å². The molecule has 9 heteroatoms. The van der Waals surface area contributed by atoms with Gasteiger partial charge >= 0.3 is 0 Å². The van der Waals surface area contributed by atoms with Crippen LogP contribution < -0.4 is 0 Å². The average Bonchev–Trinajstić information content (AvgIpc) is 3.19. The number of aromatic nitrogens is 2. The van der Waals surface area contributed by atoms with Crippen molar-refractivity contribution < 1.29 is 9.32 Å². The van der Waals surface area contributed by atoms with E-state index in [1.54, 1.807) is 35.2 Å². The quantitative estimate of drug-likeness (QED) is 0.577. The van der Waals surface area contributed by atoms with Gasteiger partial charge in [0.05, 0.1) is 17.1 Å². The Bertz CT molecular complexity index is 1010. The monoisotopic (exact) mass is 450 g/mol. The number of amides is 1. The summed E-state index contributed by atoms with van der Waals surface area (Å²) in [7, 11) is 0. The third-order valence-corrected chi connectivity index (χ3v) is 5.56. The Morgan fingerprint density at radius 2 is 1.66 bits per heavy atom. The highest BCUT2D eigenvalue weighted by Gasteiger charge is 2.25. The molecule has 29 heavy (non-hydrogen) atoms. The molecule has 0 radical (unpaired) electrons. The second kappa shape index (κ2) is 8.71. The van der Waals surface area contributed by atoms with Gasteiger partial charge < -0.3 is 9.42 Å². The van der Waals surface area contributed by atoms with E-state index in [4.69, 9.17) is 39.3 Å². The molecule has 1 aromatic heterocycles. The van der Waals surface area contributed by atoms with Crippen LogP contribution in [0.25, 0.3) is 11.4 Å². The molecule has 1 amide bonds. The van der Waals surface area contributed by atoms with E-state index in [0.29, 0.717) is 65.1 Å². The molecule has 2 aromatic carbocycles. The zero-order valence-electron chi connectivity index (χ0n) is 15.3. The van der Waals surface area contributed by atoms with Crippen molar-refractivity contribution in [2.45, 2.75) is 6.54 Å². The highest BCUT2D eigenvalue weighted by Crippen LogP contribution is 2.23. The summed E-state index contributed by atoms with van der Waals surface area (Å²) in [4.78, 5) is 21.1. The maximum absolute atomic E-state index is 12.7. The zero-order valence-corrected chi connectivity index (χ0v) is 17.6. The summed E-state index contributed by atoms with van der Waals surface area (Å²) in [6, 6.07) is 12.2. The molecule has 1 aliphatic rings. The van der Waals surface area contributed by atoms with Gasteiger partial charge in [0.15, 0.2) is 0 Å². The number of benzene rings is 2. The third kappa shape index (κ3) is 4.73. The lowest BCUT2D eigenvalue weighted by molar-refractivity contribution is 0.0615. The molecule has 3 aromatic rings. The van der Waals surface area contributed by atoms with Crippen LogP contribution in [-0.2, 0) is 6.54 Å². The van der Waals surface area contributed by atoms with Crippen LogP contribution >= 0.6 is 34.8 Å². The lowest BCUT2D eigenvalue weighted by Crippen LogP contribution is -2.48. The Hall–Kier alpha value is -2.12. The second-order valence-electron chi connectivity index (χ2n) is 6.71. The lowest BCUT2D eigenvalue weighted by Gasteiger charge is -2.34. The molecule has 0 unspecified atom stereocenters. The Kier molecular flexibility index (Phi) is 6.06. The van der Waals surface area contributed by atoms with Crippen molar-refractivity contribution in [1.29, 1.82) is 0 Å². The number of nitrogens with zero attached hydrogens (tertiary/aromatic N) is 4. The Labute approximate surface area is 183 Å². The predicted octanol–water partition coefficient (Wildman–Crippen LogP) is 4.65. The van der Waals surface area contributed by atoms with Crippen LogP contribution in [0.4, 0.5) is 0 Å². The summed E-state index contributed by atoms with van der Waals surface area (Å²) in [5.41, 5.74) is 1.27. The molecule has 0 saturated carbocycles. The molecule has 0 atom stereocenters. The molecule has 0 N–H and O–H groups in total. The highest BCUT2D eigenvalue weighted by molar-refractivity contribution is 6.35. The fraction of sp³-hybridized carbons (Fsp3) is 0.250. The van der Waals surface area contributed by atoms with E-state index < -0.39 is 0 Å². The largest absolute Gasteiger partial charge is 0.338 e. The number of carbonyl (C=O) groups excluding carboxylic acids is 1. The van der Waals surface area contributed by atoms with Crippen molar-refractivity contribution in [3.8, 4) is 11.4 Å². The summed E-state index contributed by atoms with van der Waals surface area (Å²) in [6.45, 7) is 3.09. The van der Waals surface area contributed by atoms with Crippen LogP contribution in [0.1, 0.15) is 16.2 Å². The van der Waals surface area contributed by atoms with Crippen molar-refractivity contribution in [3.05, 3.63) is 69.0 Å². The SMILES string of the molecule is O=C(c1cc(Cl)ccc1Cl)N1CCN(Cc2nc(-c3ccc(Cl)cc3)no2)CC1. The standard InChI is InChI=1S/C20H17Cl3N4O2/c21-14-3-1-13(2-4-14)19-24-18(29-25-19)12-26-7-9-27(10-8-26)20(28)16-11-15(22)5-6-17(16)23/h1-6,11H,7-10,12H2. The van der Waals surface area contributed by atoms with Crippen LogP contribution in [-0.4, -0.2) is 52.0 Å². The normalized spacial score (nSPS) is 14.9. The molecule has 150 valence electrons. The van der Waals surface area contributed by atoms with E-state index >= 15 is 0 Å². The summed E-state index contributed by atoms with van der Waals surface area (Å²) >= 11 is 18.1. The van der Waals surface area contributed by atoms with Crippen LogP contribution in [0.5, 0.6) is 0 Å². The first-order valence-corrected chi connectivity index (χ1v) is 10.2. The number of rotatable bonds is 4. The lowest BCUT2D eigenvalue weighted by atomic mass is 10.1. The molecule has 4 rings (SSSR count). The first-order chi connectivity index (χ1) is 14.0. The van der Waals surface area contributed by atoms with Crippen molar-refractivity contribution in [2.24, 2.45) is 0 Å². The maximum atomic E-state index is 12.7. The van der Waals surface area contributed by atoms with E-state index in [0.717, 1.165) is 5.56 Å². The summed E-state index contributed by atoms with van der Waals surface area (Å²) in [5.74, 6) is 0.952. The molecule has 1 aliphatic heterocycles. The minimum absolute atomic E-state index is 0.111. The smallest absolute Gasteiger partial charge is 0.255 e. The fourth-order valence-electron chi connectivity index (χ4n) is 3.17. The van der Waals surface area contributed by atoms with Gasteiger partial charge in [-0.3, -0.25) is 9.69 Å². The molecule has 6 nitrogen and oxygen atoms in total. The average molecular weight is 452 g/mol. The molecular formula is C20H17Cl3N4O2. The van der Waals surface area contributed by atoms with Gasteiger partial charge in [0, 0.05) is 41.8 Å². The third-order valence-electron chi connectivity index (χ3n) is 4.75. The Morgan fingerprint density at radius 1 is 0.966 bits per heavy atom. The number of hydrogen-bond donors (Lipinski definition) is 0. The van der Waals surface area contributed by atoms with Gasteiger partial charge in [-0.05, 0) is 42.5 Å². The van der Waals surface area contributed by atoms with Gasteiger partial charge in [-0.2, -0.15) is 4.98 Å². The first kappa shape index (κ1) is 20.2. The van der Waals surface area contributed by atoms with Crippen molar-refractivity contribution in [3.63, 3.8) is 0 Å². The Balaban J connectivity index is 1.35. The van der Waals surface area contributed by atoms with Crippen molar-refractivity contribution in [2.75, 3.05) is 26.2 Å². The molecule has 0 aliphatic carbocycles. The van der Waals surface area contributed by atoms with E-state index in [1.807, 2.05) is 12.1 Å². The second-order valence-corrected chi connectivity index (χ2v) is 7.99. The van der Waals surface area contributed by atoms with Gasteiger partial charge in [-0.15, -0.1) is 0 Å². The van der Waals surface area contributed by atoms with Gasteiger partial charge in [0.2, 0.25) is 11.7 Å². The zero-order chi connectivity index (χ0) is 20.4. The molecule has 1 saturated heterocycles. The summed E-state index contributed by atoms with van der Waals surface area (Å²) in [6.07, 6.45) is 0. The fourth-order valence-corrected chi connectivity index (χ4v) is 3.66. The first-order valence-electron chi connectivity index (χ1n) is 9.05. The van der Waals surface area contributed by atoms with Gasteiger partial charge in [-0.1, -0.05) is 40.0 Å². The number of halogens is 3. The molecule has 1 fully saturated rings. The van der Waals surface area contributed by atoms with E-state index in [1.165, 1.54) is 0 Å². The van der Waals surface area contributed by atoms with Gasteiger partial charge in [0.25, 0.3) is 5.91 Å². The van der Waals surface area contributed by atoms with E-state index in [2.05, 4.69) is 15.0 Å². The topological polar surface area (TPSA) is 62.5 Å². The number of piperazine rings is 1. The maximum Gasteiger partial charge on any atom is 0.255 e. The number of hydrogen-bond acceptors (Lipinski definition) is 5. The van der Waals surface area contributed by atoms with Crippen molar-refractivity contribution in [1.82, 2.24) is 19.9 Å². The molecular weight excluding hydrogens is 435 g/mol. The van der Waals surface area contributed by atoms with E-state index in [-0.39, 0.29) is 5.91 Å². The summed E-state index contributed by atoms with van der Waals surface area (Å²) < 4.78 is 5.38. The van der Waals surface area contributed by atoms with Crippen LogP contribution in [0.15, 0.2) is 47.0 Å². The minimum atomic E-state index is -0.111. The summed E-state index contributed by atoms with van der Waals surface area (Å²) in [5, 5.41) is 5.59. The van der Waals surface area contributed by atoms with Gasteiger partial charge in [0.1, 0.15) is 0 Å².